The zero-order chi connectivity index (χ0) is 16.6. The molecule has 4 nitrogen and oxygen atoms in total. The van der Waals surface area contributed by atoms with Crippen LogP contribution in [0.25, 0.3) is 0 Å². The largest absolute Gasteiger partial charge is 0.490 e. The average Bonchev–Trinajstić information content (AvgIpc) is 3.14. The first-order chi connectivity index (χ1) is 11.8. The summed E-state index contributed by atoms with van der Waals surface area (Å²) in [4.78, 5) is 12.9. The quantitative estimate of drug-likeness (QED) is 0.813. The van der Waals surface area contributed by atoms with E-state index in [9.17, 15) is 4.79 Å². The SMILES string of the molecule is O=C(NCc1ccc(OC2CCCCC2)cc1)NCc1cccs1. The third-order valence-electron chi connectivity index (χ3n) is 4.23. The first kappa shape index (κ1) is 16.8. The average molecular weight is 344 g/mol. The number of carbonyl (C=O) groups excluding carboxylic acids is 1. The first-order valence-corrected chi connectivity index (χ1v) is 9.47. The number of nitrogens with one attached hydrogen (secondary N) is 2. The molecule has 1 saturated carbocycles. The van der Waals surface area contributed by atoms with Crippen LogP contribution in [-0.4, -0.2) is 12.1 Å². The van der Waals surface area contributed by atoms with Crippen molar-refractivity contribution in [2.24, 2.45) is 0 Å². The number of hydrogen-bond acceptors (Lipinski definition) is 3. The highest BCUT2D eigenvalue weighted by atomic mass is 32.1. The van der Waals surface area contributed by atoms with Crippen LogP contribution < -0.4 is 15.4 Å². The lowest BCUT2D eigenvalue weighted by molar-refractivity contribution is 0.155. The Balaban J connectivity index is 1.39. The Labute approximate surface area is 147 Å². The van der Waals surface area contributed by atoms with Gasteiger partial charge in [0.15, 0.2) is 0 Å². The van der Waals surface area contributed by atoms with Crippen LogP contribution in [0, 0.1) is 0 Å². The van der Waals surface area contributed by atoms with Crippen molar-refractivity contribution in [3.63, 3.8) is 0 Å². The summed E-state index contributed by atoms with van der Waals surface area (Å²) in [6.45, 7) is 1.08. The lowest BCUT2D eigenvalue weighted by atomic mass is 9.98. The minimum Gasteiger partial charge on any atom is -0.490 e. The number of rotatable bonds is 6. The van der Waals surface area contributed by atoms with E-state index in [0.29, 0.717) is 19.2 Å². The molecule has 1 fully saturated rings. The van der Waals surface area contributed by atoms with Gasteiger partial charge in [-0.05, 0) is 54.8 Å². The standard InChI is InChI=1S/C19H24N2O2S/c22-19(21-14-18-7-4-12-24-18)20-13-15-8-10-17(11-9-15)23-16-5-2-1-3-6-16/h4,7-12,16H,1-3,5-6,13-14H2,(H2,20,21,22). The van der Waals surface area contributed by atoms with E-state index in [0.717, 1.165) is 29.0 Å². The highest BCUT2D eigenvalue weighted by Crippen LogP contribution is 2.23. The van der Waals surface area contributed by atoms with E-state index in [4.69, 9.17) is 4.74 Å². The molecule has 0 atom stereocenters. The van der Waals surface area contributed by atoms with Gasteiger partial charge in [-0.25, -0.2) is 4.79 Å². The Hall–Kier alpha value is -2.01. The maximum atomic E-state index is 11.8. The molecule has 0 unspecified atom stereocenters. The monoisotopic (exact) mass is 344 g/mol. The molecule has 5 heteroatoms. The second kappa shape index (κ2) is 8.73. The van der Waals surface area contributed by atoms with E-state index in [1.54, 1.807) is 11.3 Å². The summed E-state index contributed by atoms with van der Waals surface area (Å²) in [5.74, 6) is 0.924. The zero-order valence-electron chi connectivity index (χ0n) is 13.8. The minimum absolute atomic E-state index is 0.147. The van der Waals surface area contributed by atoms with E-state index in [1.807, 2.05) is 41.8 Å². The van der Waals surface area contributed by atoms with Crippen LogP contribution in [0.5, 0.6) is 5.75 Å². The molecule has 2 N–H and O–H groups in total. The highest BCUT2D eigenvalue weighted by molar-refractivity contribution is 7.09. The molecular weight excluding hydrogens is 320 g/mol. The first-order valence-electron chi connectivity index (χ1n) is 8.59. The fourth-order valence-electron chi connectivity index (χ4n) is 2.89. The van der Waals surface area contributed by atoms with Gasteiger partial charge in [0.1, 0.15) is 5.75 Å². The predicted octanol–water partition coefficient (Wildman–Crippen LogP) is 4.46. The van der Waals surface area contributed by atoms with E-state index >= 15 is 0 Å². The molecule has 3 rings (SSSR count). The normalized spacial score (nSPS) is 15.0. The predicted molar refractivity (Wildman–Crippen MR) is 97.3 cm³/mol. The molecule has 24 heavy (non-hydrogen) atoms. The van der Waals surface area contributed by atoms with Gasteiger partial charge in [-0.1, -0.05) is 24.6 Å². The van der Waals surface area contributed by atoms with E-state index in [-0.39, 0.29) is 6.03 Å². The molecule has 0 radical (unpaired) electrons. The molecule has 1 aliphatic carbocycles. The molecular formula is C19H24N2O2S. The van der Waals surface area contributed by atoms with Gasteiger partial charge in [0.2, 0.25) is 0 Å². The number of urea groups is 1. The van der Waals surface area contributed by atoms with Crippen LogP contribution in [0.2, 0.25) is 0 Å². The fourth-order valence-corrected chi connectivity index (χ4v) is 3.53. The van der Waals surface area contributed by atoms with Gasteiger partial charge in [0.25, 0.3) is 0 Å². The molecule has 1 aromatic carbocycles. The van der Waals surface area contributed by atoms with Gasteiger partial charge >= 0.3 is 6.03 Å². The van der Waals surface area contributed by atoms with Crippen molar-refractivity contribution < 1.29 is 9.53 Å². The number of hydrogen-bond donors (Lipinski definition) is 2. The fraction of sp³-hybridized carbons (Fsp3) is 0.421. The van der Waals surface area contributed by atoms with Crippen molar-refractivity contribution in [2.45, 2.75) is 51.3 Å². The lowest BCUT2D eigenvalue weighted by Crippen LogP contribution is -2.34. The topological polar surface area (TPSA) is 50.4 Å². The highest BCUT2D eigenvalue weighted by Gasteiger charge is 2.14. The maximum absolute atomic E-state index is 11.8. The number of thiophene rings is 1. The molecule has 1 aromatic heterocycles. The van der Waals surface area contributed by atoms with Crippen LogP contribution in [0.15, 0.2) is 41.8 Å². The van der Waals surface area contributed by atoms with Gasteiger partial charge in [0.05, 0.1) is 12.6 Å². The van der Waals surface area contributed by atoms with Gasteiger partial charge in [0, 0.05) is 11.4 Å². The number of ether oxygens (including phenoxy) is 1. The minimum atomic E-state index is -0.147. The zero-order valence-corrected chi connectivity index (χ0v) is 14.6. The van der Waals surface area contributed by atoms with Crippen LogP contribution in [0.4, 0.5) is 4.79 Å². The molecule has 0 bridgehead atoms. The van der Waals surface area contributed by atoms with Crippen molar-refractivity contribution in [2.75, 3.05) is 0 Å². The van der Waals surface area contributed by atoms with Gasteiger partial charge < -0.3 is 15.4 Å². The third kappa shape index (κ3) is 5.27. The molecule has 0 aliphatic heterocycles. The summed E-state index contributed by atoms with van der Waals surface area (Å²) in [6, 6.07) is 11.9. The van der Waals surface area contributed by atoms with Gasteiger partial charge in [-0.15, -0.1) is 11.3 Å². The van der Waals surface area contributed by atoms with Crippen molar-refractivity contribution >= 4 is 17.4 Å². The summed E-state index contributed by atoms with van der Waals surface area (Å²) in [5, 5.41) is 7.74. The Kier molecular flexibility index (Phi) is 6.13. The van der Waals surface area contributed by atoms with Gasteiger partial charge in [-0.2, -0.15) is 0 Å². The lowest BCUT2D eigenvalue weighted by Gasteiger charge is -2.23. The Bertz CT molecular complexity index is 619. The molecule has 1 heterocycles. The summed E-state index contributed by atoms with van der Waals surface area (Å²) < 4.78 is 6.02. The maximum Gasteiger partial charge on any atom is 0.315 e. The summed E-state index contributed by atoms with van der Waals surface area (Å²) >= 11 is 1.64. The second-order valence-corrected chi connectivity index (χ2v) is 7.17. The number of benzene rings is 1. The molecule has 0 saturated heterocycles. The van der Waals surface area contributed by atoms with Crippen LogP contribution in [-0.2, 0) is 13.1 Å². The van der Waals surface area contributed by atoms with Crippen molar-refractivity contribution in [1.29, 1.82) is 0 Å². The Morgan fingerprint density at radius 3 is 2.50 bits per heavy atom. The molecule has 2 amide bonds. The third-order valence-corrected chi connectivity index (χ3v) is 5.11. The Morgan fingerprint density at radius 1 is 1.04 bits per heavy atom. The van der Waals surface area contributed by atoms with Crippen molar-refractivity contribution in [1.82, 2.24) is 10.6 Å². The van der Waals surface area contributed by atoms with Crippen LogP contribution in [0.3, 0.4) is 0 Å². The molecule has 1 aliphatic rings. The second-order valence-electron chi connectivity index (χ2n) is 6.14. The summed E-state index contributed by atoms with van der Waals surface area (Å²) in [7, 11) is 0. The molecule has 128 valence electrons. The van der Waals surface area contributed by atoms with Gasteiger partial charge in [-0.3, -0.25) is 0 Å². The van der Waals surface area contributed by atoms with Crippen LogP contribution >= 0.6 is 11.3 Å². The number of carbonyl (C=O) groups is 1. The summed E-state index contributed by atoms with van der Waals surface area (Å²) in [6.07, 6.45) is 6.56. The van der Waals surface area contributed by atoms with E-state index in [1.165, 1.54) is 19.3 Å². The van der Waals surface area contributed by atoms with Crippen molar-refractivity contribution in [3.8, 4) is 5.75 Å². The number of amides is 2. The molecule has 2 aromatic rings. The molecule has 0 spiro atoms. The smallest absolute Gasteiger partial charge is 0.315 e. The van der Waals surface area contributed by atoms with E-state index in [2.05, 4.69) is 10.6 Å². The van der Waals surface area contributed by atoms with Crippen molar-refractivity contribution in [3.05, 3.63) is 52.2 Å². The van der Waals surface area contributed by atoms with Crippen LogP contribution in [0.1, 0.15) is 42.5 Å². The summed E-state index contributed by atoms with van der Waals surface area (Å²) in [5.41, 5.74) is 1.07. The van der Waals surface area contributed by atoms with E-state index < -0.39 is 0 Å². The Morgan fingerprint density at radius 2 is 1.79 bits per heavy atom.